The van der Waals surface area contributed by atoms with Gasteiger partial charge in [-0.25, -0.2) is 4.79 Å². The van der Waals surface area contributed by atoms with Crippen LogP contribution in [0.25, 0.3) is 0 Å². The molecule has 2 fully saturated rings. The van der Waals surface area contributed by atoms with Gasteiger partial charge in [-0.15, -0.1) is 0 Å². The molecule has 0 bridgehead atoms. The topological polar surface area (TPSA) is 95.5 Å². The molecule has 4 rings (SSSR count). The van der Waals surface area contributed by atoms with E-state index in [0.717, 1.165) is 11.1 Å². The van der Waals surface area contributed by atoms with Crippen molar-refractivity contribution in [1.82, 2.24) is 5.32 Å². The number of rotatable bonds is 7. The maximum absolute atomic E-state index is 12.8. The summed E-state index contributed by atoms with van der Waals surface area (Å²) >= 11 is 0. The summed E-state index contributed by atoms with van der Waals surface area (Å²) in [6.45, 7) is 9.50. The Labute approximate surface area is 212 Å². The van der Waals surface area contributed by atoms with Crippen molar-refractivity contribution in [3.05, 3.63) is 71.8 Å². The van der Waals surface area contributed by atoms with Crippen LogP contribution in [0, 0.1) is 0 Å². The zero-order valence-electron chi connectivity index (χ0n) is 21.5. The van der Waals surface area contributed by atoms with E-state index in [4.69, 9.17) is 23.7 Å². The molecule has 1 saturated heterocycles. The van der Waals surface area contributed by atoms with Gasteiger partial charge in [0.25, 0.3) is 0 Å². The van der Waals surface area contributed by atoms with Gasteiger partial charge in [-0.05, 0) is 45.7 Å². The van der Waals surface area contributed by atoms with Crippen LogP contribution in [0.5, 0.6) is 0 Å². The Balaban J connectivity index is 1.63. The molecule has 0 aromatic heterocycles. The lowest BCUT2D eigenvalue weighted by molar-refractivity contribution is -0.196. The molecule has 2 aromatic rings. The molecule has 8 heteroatoms. The van der Waals surface area contributed by atoms with Crippen LogP contribution in [-0.2, 0) is 36.9 Å². The number of aliphatic hydroxyl groups excluding tert-OH is 1. The summed E-state index contributed by atoms with van der Waals surface area (Å²) in [5.74, 6) is -0.935. The molecule has 1 aliphatic carbocycles. The van der Waals surface area contributed by atoms with Crippen molar-refractivity contribution in [2.45, 2.75) is 95.8 Å². The highest BCUT2D eigenvalue weighted by molar-refractivity contribution is 5.68. The number of carbonyl (C=O) groups excluding carboxylic acids is 1. The van der Waals surface area contributed by atoms with E-state index in [1.165, 1.54) is 0 Å². The second-order valence-electron chi connectivity index (χ2n) is 10.7. The first-order valence-electron chi connectivity index (χ1n) is 12.4. The molecule has 2 aromatic carbocycles. The summed E-state index contributed by atoms with van der Waals surface area (Å²) in [4.78, 5) is 12.8. The summed E-state index contributed by atoms with van der Waals surface area (Å²) in [7, 11) is 0. The van der Waals surface area contributed by atoms with Crippen LogP contribution in [-0.4, -0.2) is 59.1 Å². The zero-order chi connectivity index (χ0) is 25.9. The fourth-order valence-corrected chi connectivity index (χ4v) is 4.66. The van der Waals surface area contributed by atoms with Gasteiger partial charge in [0, 0.05) is 0 Å². The van der Waals surface area contributed by atoms with Crippen molar-refractivity contribution < 1.29 is 33.6 Å². The van der Waals surface area contributed by atoms with Crippen molar-refractivity contribution in [2.75, 3.05) is 0 Å². The van der Waals surface area contributed by atoms with Crippen molar-refractivity contribution in [3.63, 3.8) is 0 Å². The van der Waals surface area contributed by atoms with Gasteiger partial charge in [0.2, 0.25) is 0 Å². The first kappa shape index (κ1) is 26.6. The van der Waals surface area contributed by atoms with Crippen LogP contribution in [0.3, 0.4) is 0 Å². The van der Waals surface area contributed by atoms with E-state index in [2.05, 4.69) is 5.32 Å². The molecule has 6 atom stereocenters. The van der Waals surface area contributed by atoms with E-state index >= 15 is 0 Å². The first-order chi connectivity index (χ1) is 17.0. The van der Waals surface area contributed by atoms with Gasteiger partial charge in [0.1, 0.15) is 36.1 Å². The predicted octanol–water partition coefficient (Wildman–Crippen LogP) is 3.95. The smallest absolute Gasteiger partial charge is 0.408 e. The number of alkyl carbamates (subject to hydrolysis) is 1. The molecule has 1 amide bonds. The summed E-state index contributed by atoms with van der Waals surface area (Å²) in [5, 5.41) is 14.2. The van der Waals surface area contributed by atoms with E-state index in [-0.39, 0.29) is 6.61 Å². The molecule has 0 radical (unpaired) electrons. The van der Waals surface area contributed by atoms with Crippen molar-refractivity contribution in [2.24, 2.45) is 0 Å². The third kappa shape index (κ3) is 6.63. The highest BCUT2D eigenvalue weighted by Crippen LogP contribution is 2.40. The van der Waals surface area contributed by atoms with Gasteiger partial charge in [-0.1, -0.05) is 60.7 Å². The van der Waals surface area contributed by atoms with Crippen LogP contribution in [0.1, 0.15) is 45.7 Å². The molecule has 36 heavy (non-hydrogen) atoms. The zero-order valence-corrected chi connectivity index (χ0v) is 21.5. The van der Waals surface area contributed by atoms with Gasteiger partial charge >= 0.3 is 6.09 Å². The molecule has 196 valence electrons. The molecule has 1 heterocycles. The number of hydrogen-bond acceptors (Lipinski definition) is 7. The molecular formula is C28H37NO7. The second kappa shape index (κ2) is 10.9. The SMILES string of the molecule is CC(C)(C)OC(=O)N[C@@H]1[C@@H](O)[C@H]2OC(C)(C)O[C@H]2[C@H](OCc2ccccc2)[C@H]1OCc1ccccc1. The van der Waals surface area contributed by atoms with E-state index in [9.17, 15) is 9.90 Å². The molecule has 1 saturated carbocycles. The van der Waals surface area contributed by atoms with Crippen molar-refractivity contribution in [3.8, 4) is 0 Å². The van der Waals surface area contributed by atoms with E-state index in [0.29, 0.717) is 6.61 Å². The first-order valence-corrected chi connectivity index (χ1v) is 12.4. The third-order valence-electron chi connectivity index (χ3n) is 6.12. The average Bonchev–Trinajstić information content (AvgIpc) is 3.14. The summed E-state index contributed by atoms with van der Waals surface area (Å²) in [5.41, 5.74) is 1.23. The molecule has 1 aliphatic heterocycles. The van der Waals surface area contributed by atoms with E-state index in [1.807, 2.05) is 60.7 Å². The number of amides is 1. The number of hydrogen-bond donors (Lipinski definition) is 2. The Hall–Kier alpha value is -2.49. The van der Waals surface area contributed by atoms with Gasteiger partial charge in [-0.3, -0.25) is 0 Å². The molecule has 2 N–H and O–H groups in total. The quantitative estimate of drug-likeness (QED) is 0.596. The van der Waals surface area contributed by atoms with Gasteiger partial charge in [0.05, 0.1) is 19.3 Å². The van der Waals surface area contributed by atoms with Crippen LogP contribution in [0.4, 0.5) is 4.79 Å². The highest BCUT2D eigenvalue weighted by Gasteiger charge is 2.59. The van der Waals surface area contributed by atoms with Crippen LogP contribution in [0.15, 0.2) is 60.7 Å². The molecular weight excluding hydrogens is 462 g/mol. The molecule has 2 aliphatic rings. The minimum atomic E-state index is -1.11. The lowest BCUT2D eigenvalue weighted by Crippen LogP contribution is -2.68. The lowest BCUT2D eigenvalue weighted by atomic mass is 9.82. The number of nitrogens with one attached hydrogen (secondary N) is 1. The maximum Gasteiger partial charge on any atom is 0.408 e. The molecule has 8 nitrogen and oxygen atoms in total. The molecule has 0 spiro atoms. The van der Waals surface area contributed by atoms with Crippen LogP contribution >= 0.6 is 0 Å². The highest BCUT2D eigenvalue weighted by atomic mass is 16.8. The Bertz CT molecular complexity index is 992. The number of fused-ring (bicyclic) bond motifs is 1. The number of aliphatic hydroxyl groups is 1. The van der Waals surface area contributed by atoms with Crippen LogP contribution in [0.2, 0.25) is 0 Å². The van der Waals surface area contributed by atoms with Crippen LogP contribution < -0.4 is 5.32 Å². The monoisotopic (exact) mass is 499 g/mol. The van der Waals surface area contributed by atoms with Gasteiger partial charge < -0.3 is 34.1 Å². The summed E-state index contributed by atoms with van der Waals surface area (Å²) in [6, 6.07) is 18.6. The number of carbonyl (C=O) groups is 1. The number of benzene rings is 2. The van der Waals surface area contributed by atoms with Gasteiger partial charge in [-0.2, -0.15) is 0 Å². The Morgan fingerprint density at radius 1 is 0.889 bits per heavy atom. The largest absolute Gasteiger partial charge is 0.444 e. The molecule has 0 unspecified atom stereocenters. The van der Waals surface area contributed by atoms with Crippen molar-refractivity contribution >= 4 is 6.09 Å². The summed E-state index contributed by atoms with van der Waals surface area (Å²) in [6.07, 6.45) is -4.47. The third-order valence-corrected chi connectivity index (χ3v) is 6.12. The fraction of sp³-hybridized carbons (Fsp3) is 0.536. The Morgan fingerprint density at radius 2 is 1.39 bits per heavy atom. The van der Waals surface area contributed by atoms with Crippen molar-refractivity contribution in [1.29, 1.82) is 0 Å². The fourth-order valence-electron chi connectivity index (χ4n) is 4.66. The Kier molecular flexibility index (Phi) is 8.02. The Morgan fingerprint density at radius 3 is 1.92 bits per heavy atom. The second-order valence-corrected chi connectivity index (χ2v) is 10.7. The maximum atomic E-state index is 12.8. The minimum Gasteiger partial charge on any atom is -0.444 e. The predicted molar refractivity (Wildman–Crippen MR) is 133 cm³/mol. The standard InChI is InChI=1S/C28H37NO7/c1-27(2,3)36-26(31)29-20-21(30)23-25(35-28(4,5)34-23)24(33-17-19-14-10-7-11-15-19)22(20)32-16-18-12-8-6-9-13-18/h6-15,20-25,30H,16-17H2,1-5H3,(H,29,31)/t20-,21-,22+,23-,24-,25-/m1/s1. The van der Waals surface area contributed by atoms with Gasteiger partial charge in [0.15, 0.2) is 5.79 Å². The lowest BCUT2D eigenvalue weighted by Gasteiger charge is -2.45. The summed E-state index contributed by atoms with van der Waals surface area (Å²) < 4.78 is 30.5. The number of ether oxygens (including phenoxy) is 5. The average molecular weight is 500 g/mol. The minimum absolute atomic E-state index is 0.261. The van der Waals surface area contributed by atoms with E-state index < -0.39 is 54.0 Å². The van der Waals surface area contributed by atoms with E-state index in [1.54, 1.807) is 34.6 Å². The normalized spacial score (nSPS) is 29.4.